The fourth-order valence-electron chi connectivity index (χ4n) is 1.97. The van der Waals surface area contributed by atoms with Crippen molar-refractivity contribution in [2.24, 2.45) is 0 Å². The molecule has 0 N–H and O–H groups in total. The third kappa shape index (κ3) is 1.74. The summed E-state index contributed by atoms with van der Waals surface area (Å²) in [5, 5.41) is 8.49. The summed E-state index contributed by atoms with van der Waals surface area (Å²) in [6.45, 7) is 1.44. The summed E-state index contributed by atoms with van der Waals surface area (Å²) in [5.74, 6) is -0.299. The normalized spacial score (nSPS) is 25.9. The van der Waals surface area contributed by atoms with E-state index < -0.39 is 0 Å². The zero-order valence-corrected chi connectivity index (χ0v) is 7.58. The molecule has 0 aromatic heterocycles. The van der Waals surface area contributed by atoms with E-state index in [2.05, 4.69) is 6.07 Å². The van der Waals surface area contributed by atoms with Gasteiger partial charge in [-0.15, -0.1) is 0 Å². The number of allylic oxidation sites excluding steroid dienone is 2. The van der Waals surface area contributed by atoms with Gasteiger partial charge >= 0.3 is 0 Å². The molecule has 70 valence electrons. The van der Waals surface area contributed by atoms with Crippen molar-refractivity contribution in [3.05, 3.63) is 11.6 Å². The lowest BCUT2D eigenvalue weighted by atomic mass is 9.90. The molecule has 0 unspecified atom stereocenters. The van der Waals surface area contributed by atoms with Crippen LogP contribution in [-0.4, -0.2) is 19.0 Å². The lowest BCUT2D eigenvalue weighted by Crippen LogP contribution is -2.33. The van der Waals surface area contributed by atoms with Crippen molar-refractivity contribution in [1.29, 1.82) is 5.26 Å². The number of rotatable bonds is 0. The topological polar surface area (TPSA) is 42.2 Å². The summed E-state index contributed by atoms with van der Waals surface area (Å²) in [5.41, 5.74) is 1.23. The maximum atomic E-state index is 8.49. The molecular weight excluding hydrogens is 166 g/mol. The summed E-state index contributed by atoms with van der Waals surface area (Å²) in [6.07, 6.45) is 5.34. The van der Waals surface area contributed by atoms with Gasteiger partial charge in [-0.3, -0.25) is 0 Å². The molecule has 3 nitrogen and oxygen atoms in total. The quantitative estimate of drug-likeness (QED) is 0.532. The van der Waals surface area contributed by atoms with E-state index in [1.807, 2.05) is 0 Å². The SMILES string of the molecule is N#CC=C1CCC2(CC1)OCCO2. The molecule has 1 aliphatic heterocycles. The molecule has 1 heterocycles. The predicted octanol–water partition coefficient (Wildman–Crippen LogP) is 1.75. The monoisotopic (exact) mass is 179 g/mol. The highest BCUT2D eigenvalue weighted by molar-refractivity contribution is 5.16. The van der Waals surface area contributed by atoms with E-state index in [1.165, 1.54) is 5.57 Å². The standard InChI is InChI=1S/C10H13NO2/c11-6-3-9-1-4-10(5-2-9)12-7-8-13-10/h3H,1-2,4-5,7-8H2. The Bertz CT molecular complexity index is 247. The van der Waals surface area contributed by atoms with Gasteiger partial charge in [0.2, 0.25) is 0 Å². The zero-order valence-electron chi connectivity index (χ0n) is 7.58. The highest BCUT2D eigenvalue weighted by Crippen LogP contribution is 2.37. The second kappa shape index (κ2) is 3.49. The van der Waals surface area contributed by atoms with Crippen molar-refractivity contribution < 1.29 is 9.47 Å². The maximum absolute atomic E-state index is 8.49. The van der Waals surface area contributed by atoms with Crippen LogP contribution in [0.25, 0.3) is 0 Å². The smallest absolute Gasteiger partial charge is 0.169 e. The fraction of sp³-hybridized carbons (Fsp3) is 0.700. The molecule has 2 rings (SSSR count). The molecule has 0 aromatic rings. The van der Waals surface area contributed by atoms with Crippen LogP contribution >= 0.6 is 0 Å². The first kappa shape index (κ1) is 8.74. The molecule has 0 amide bonds. The van der Waals surface area contributed by atoms with E-state index in [9.17, 15) is 0 Å². The van der Waals surface area contributed by atoms with Crippen LogP contribution in [0.15, 0.2) is 11.6 Å². The third-order valence-corrected chi connectivity index (χ3v) is 2.74. The summed E-state index contributed by atoms with van der Waals surface area (Å²) in [4.78, 5) is 0. The van der Waals surface area contributed by atoms with Crippen molar-refractivity contribution in [3.8, 4) is 6.07 Å². The van der Waals surface area contributed by atoms with Crippen LogP contribution in [0.3, 0.4) is 0 Å². The van der Waals surface area contributed by atoms with E-state index in [0.29, 0.717) is 0 Å². The summed E-state index contributed by atoms with van der Waals surface area (Å²) < 4.78 is 11.2. The van der Waals surface area contributed by atoms with Crippen LogP contribution in [0.5, 0.6) is 0 Å². The molecule has 1 aliphatic carbocycles. The fourth-order valence-corrected chi connectivity index (χ4v) is 1.97. The third-order valence-electron chi connectivity index (χ3n) is 2.74. The minimum absolute atomic E-state index is 0.299. The molecule has 13 heavy (non-hydrogen) atoms. The van der Waals surface area contributed by atoms with Crippen LogP contribution in [0.2, 0.25) is 0 Å². The second-order valence-electron chi connectivity index (χ2n) is 3.54. The van der Waals surface area contributed by atoms with E-state index in [0.717, 1.165) is 38.9 Å². The Morgan fingerprint density at radius 3 is 2.38 bits per heavy atom. The Balaban J connectivity index is 1.96. The van der Waals surface area contributed by atoms with Gasteiger partial charge < -0.3 is 9.47 Å². The van der Waals surface area contributed by atoms with Crippen molar-refractivity contribution >= 4 is 0 Å². The molecule has 1 saturated heterocycles. The molecule has 2 fully saturated rings. The number of nitriles is 1. The molecule has 1 saturated carbocycles. The Kier molecular flexibility index (Phi) is 2.34. The predicted molar refractivity (Wildman–Crippen MR) is 46.8 cm³/mol. The van der Waals surface area contributed by atoms with Crippen LogP contribution in [0, 0.1) is 11.3 Å². The second-order valence-corrected chi connectivity index (χ2v) is 3.54. The van der Waals surface area contributed by atoms with Crippen molar-refractivity contribution in [3.63, 3.8) is 0 Å². The summed E-state index contributed by atoms with van der Waals surface area (Å²) in [6, 6.07) is 2.07. The van der Waals surface area contributed by atoms with Gasteiger partial charge in [0.25, 0.3) is 0 Å². The van der Waals surface area contributed by atoms with Gasteiger partial charge in [-0.25, -0.2) is 0 Å². The van der Waals surface area contributed by atoms with Crippen molar-refractivity contribution in [2.75, 3.05) is 13.2 Å². The highest BCUT2D eigenvalue weighted by atomic mass is 16.7. The zero-order chi connectivity index (χ0) is 9.15. The molecular formula is C10H13NO2. The average Bonchev–Trinajstić information content (AvgIpc) is 2.59. The van der Waals surface area contributed by atoms with Gasteiger partial charge in [0.1, 0.15) is 0 Å². The summed E-state index contributed by atoms with van der Waals surface area (Å²) in [7, 11) is 0. The van der Waals surface area contributed by atoms with Crippen molar-refractivity contribution in [1.82, 2.24) is 0 Å². The van der Waals surface area contributed by atoms with Gasteiger partial charge in [0.05, 0.1) is 19.3 Å². The Morgan fingerprint density at radius 1 is 1.23 bits per heavy atom. The minimum Gasteiger partial charge on any atom is -0.348 e. The Labute approximate surface area is 77.9 Å². The molecule has 3 heteroatoms. The Morgan fingerprint density at radius 2 is 1.85 bits per heavy atom. The van der Waals surface area contributed by atoms with Crippen LogP contribution in [-0.2, 0) is 9.47 Å². The molecule has 2 aliphatic rings. The summed E-state index contributed by atoms with van der Waals surface area (Å²) >= 11 is 0. The lowest BCUT2D eigenvalue weighted by molar-refractivity contribution is -0.171. The number of hydrogen-bond acceptors (Lipinski definition) is 3. The molecule has 0 atom stereocenters. The van der Waals surface area contributed by atoms with Gasteiger partial charge in [-0.2, -0.15) is 5.26 Å². The number of ether oxygens (including phenoxy) is 2. The lowest BCUT2D eigenvalue weighted by Gasteiger charge is -2.32. The van der Waals surface area contributed by atoms with E-state index >= 15 is 0 Å². The average molecular weight is 179 g/mol. The molecule has 0 radical (unpaired) electrons. The van der Waals surface area contributed by atoms with Gasteiger partial charge in [0, 0.05) is 18.9 Å². The molecule has 0 aromatic carbocycles. The van der Waals surface area contributed by atoms with Crippen LogP contribution in [0.4, 0.5) is 0 Å². The first-order valence-corrected chi connectivity index (χ1v) is 4.70. The van der Waals surface area contributed by atoms with Gasteiger partial charge in [-0.1, -0.05) is 5.57 Å². The molecule has 1 spiro atoms. The van der Waals surface area contributed by atoms with Crippen LogP contribution in [0.1, 0.15) is 25.7 Å². The molecule has 0 bridgehead atoms. The highest BCUT2D eigenvalue weighted by Gasteiger charge is 2.38. The van der Waals surface area contributed by atoms with Crippen LogP contribution < -0.4 is 0 Å². The number of nitrogens with zero attached hydrogens (tertiary/aromatic N) is 1. The number of hydrogen-bond donors (Lipinski definition) is 0. The van der Waals surface area contributed by atoms with E-state index in [-0.39, 0.29) is 5.79 Å². The first-order chi connectivity index (χ1) is 6.35. The minimum atomic E-state index is -0.299. The van der Waals surface area contributed by atoms with E-state index in [4.69, 9.17) is 14.7 Å². The van der Waals surface area contributed by atoms with E-state index in [1.54, 1.807) is 6.08 Å². The largest absolute Gasteiger partial charge is 0.348 e. The van der Waals surface area contributed by atoms with Gasteiger partial charge in [0.15, 0.2) is 5.79 Å². The first-order valence-electron chi connectivity index (χ1n) is 4.70. The maximum Gasteiger partial charge on any atom is 0.169 e. The Hall–Kier alpha value is -0.850. The van der Waals surface area contributed by atoms with Crippen molar-refractivity contribution in [2.45, 2.75) is 31.5 Å². The van der Waals surface area contributed by atoms with Gasteiger partial charge in [-0.05, 0) is 12.8 Å².